The summed E-state index contributed by atoms with van der Waals surface area (Å²) in [5.41, 5.74) is 6.08. The molecule has 0 amide bonds. The largest absolute Gasteiger partial charge is 0.370 e. The molecule has 0 aliphatic carbocycles. The van der Waals surface area contributed by atoms with Gasteiger partial charge in [0.2, 0.25) is 0 Å². The van der Waals surface area contributed by atoms with Gasteiger partial charge in [0.15, 0.2) is 5.96 Å². The molecule has 0 aromatic carbocycles. The van der Waals surface area contributed by atoms with Crippen LogP contribution in [0, 0.1) is 0 Å². The number of guanidine groups is 1. The molecular weight excluding hydrogens is 212 g/mol. The molecule has 98 valence electrons. The van der Waals surface area contributed by atoms with Crippen molar-refractivity contribution in [3.8, 4) is 0 Å². The molecule has 17 heavy (non-hydrogen) atoms. The molecule has 2 atom stereocenters. The van der Waals surface area contributed by atoms with E-state index in [0.29, 0.717) is 12.1 Å². The molecule has 0 aromatic rings. The zero-order valence-electron chi connectivity index (χ0n) is 11.6. The van der Waals surface area contributed by atoms with Gasteiger partial charge in [-0.3, -0.25) is 4.90 Å². The van der Waals surface area contributed by atoms with E-state index in [2.05, 4.69) is 42.5 Å². The Morgan fingerprint density at radius 3 is 2.65 bits per heavy atom. The van der Waals surface area contributed by atoms with Gasteiger partial charge in [-0.1, -0.05) is 0 Å². The molecule has 2 unspecified atom stereocenters. The van der Waals surface area contributed by atoms with Gasteiger partial charge < -0.3 is 10.6 Å². The molecule has 2 N–H and O–H groups in total. The van der Waals surface area contributed by atoms with Crippen LogP contribution in [0.1, 0.15) is 40.5 Å². The quantitative estimate of drug-likeness (QED) is 0.510. The van der Waals surface area contributed by atoms with Crippen molar-refractivity contribution < 1.29 is 0 Å². The summed E-state index contributed by atoms with van der Waals surface area (Å²) >= 11 is 0. The van der Waals surface area contributed by atoms with Crippen molar-refractivity contribution in [3.63, 3.8) is 0 Å². The molecule has 0 radical (unpaired) electrons. The number of nitrogens with zero attached hydrogens (tertiary/aromatic N) is 3. The number of hydrogen-bond acceptors (Lipinski definition) is 2. The first-order chi connectivity index (χ1) is 7.87. The summed E-state index contributed by atoms with van der Waals surface area (Å²) in [5.74, 6) is 0.719. The van der Waals surface area contributed by atoms with E-state index in [0.717, 1.165) is 19.0 Å². The first-order valence-electron chi connectivity index (χ1n) is 6.73. The molecule has 2 aliphatic rings. The maximum absolute atomic E-state index is 6.17. The molecule has 4 heteroatoms. The van der Waals surface area contributed by atoms with Gasteiger partial charge in [-0.25, -0.2) is 4.99 Å². The van der Waals surface area contributed by atoms with Gasteiger partial charge in [-0.2, -0.15) is 0 Å². The van der Waals surface area contributed by atoms with Crippen molar-refractivity contribution >= 4 is 5.96 Å². The lowest BCUT2D eigenvalue weighted by atomic mass is 10.1. The van der Waals surface area contributed by atoms with Gasteiger partial charge in [0, 0.05) is 25.2 Å². The maximum atomic E-state index is 6.17. The molecule has 2 fully saturated rings. The highest BCUT2D eigenvalue weighted by molar-refractivity contribution is 5.79. The van der Waals surface area contributed by atoms with Crippen LogP contribution in [0.3, 0.4) is 0 Å². The van der Waals surface area contributed by atoms with E-state index in [4.69, 9.17) is 5.73 Å². The normalized spacial score (nSPS) is 31.8. The Morgan fingerprint density at radius 1 is 1.29 bits per heavy atom. The van der Waals surface area contributed by atoms with Crippen molar-refractivity contribution in [2.45, 2.75) is 58.2 Å². The Hall–Kier alpha value is -0.770. The number of nitrogens with two attached hydrogens (primary N) is 1. The lowest BCUT2D eigenvalue weighted by molar-refractivity contribution is 0.107. The predicted octanol–water partition coefficient (Wildman–Crippen LogP) is 1.27. The molecule has 0 spiro atoms. The fraction of sp³-hybridized carbons (Fsp3) is 0.923. The average Bonchev–Trinajstić information content (AvgIpc) is 2.60. The van der Waals surface area contributed by atoms with Gasteiger partial charge in [0.25, 0.3) is 0 Å². The third-order valence-corrected chi connectivity index (χ3v) is 3.68. The SMILES string of the molecule is CC1CN2CCCC2CN1C(N)=NC(C)(C)C. The van der Waals surface area contributed by atoms with Crippen molar-refractivity contribution in [2.75, 3.05) is 19.6 Å². The van der Waals surface area contributed by atoms with Gasteiger partial charge in [-0.05, 0) is 47.1 Å². The second-order valence-corrected chi connectivity index (χ2v) is 6.43. The third kappa shape index (κ3) is 2.92. The Balaban J connectivity index is 2.08. The Labute approximate surface area is 105 Å². The predicted molar refractivity (Wildman–Crippen MR) is 72.1 cm³/mol. The molecule has 2 saturated heterocycles. The molecule has 2 heterocycles. The smallest absolute Gasteiger partial charge is 0.192 e. The monoisotopic (exact) mass is 238 g/mol. The van der Waals surface area contributed by atoms with E-state index >= 15 is 0 Å². The lowest BCUT2D eigenvalue weighted by Crippen LogP contribution is -2.58. The minimum absolute atomic E-state index is 0.0867. The van der Waals surface area contributed by atoms with E-state index in [1.165, 1.54) is 19.4 Å². The summed E-state index contributed by atoms with van der Waals surface area (Å²) < 4.78 is 0. The van der Waals surface area contributed by atoms with Crippen LogP contribution in [0.25, 0.3) is 0 Å². The number of hydrogen-bond donors (Lipinski definition) is 1. The first-order valence-corrected chi connectivity index (χ1v) is 6.73. The number of piperazine rings is 1. The highest BCUT2D eigenvalue weighted by Crippen LogP contribution is 2.24. The van der Waals surface area contributed by atoms with Crippen LogP contribution >= 0.6 is 0 Å². The maximum Gasteiger partial charge on any atom is 0.192 e. The van der Waals surface area contributed by atoms with Crippen molar-refractivity contribution in [1.82, 2.24) is 9.80 Å². The zero-order chi connectivity index (χ0) is 12.6. The summed E-state index contributed by atoms with van der Waals surface area (Å²) in [6, 6.07) is 1.18. The Morgan fingerprint density at radius 2 is 2.00 bits per heavy atom. The van der Waals surface area contributed by atoms with Crippen molar-refractivity contribution in [1.29, 1.82) is 0 Å². The summed E-state index contributed by atoms with van der Waals surface area (Å²) in [6.07, 6.45) is 2.65. The summed E-state index contributed by atoms with van der Waals surface area (Å²) in [4.78, 5) is 9.49. The second-order valence-electron chi connectivity index (χ2n) is 6.43. The fourth-order valence-electron chi connectivity index (χ4n) is 2.91. The van der Waals surface area contributed by atoms with Crippen LogP contribution in [-0.4, -0.2) is 53.0 Å². The number of fused-ring (bicyclic) bond motifs is 1. The van der Waals surface area contributed by atoms with Crippen molar-refractivity contribution in [3.05, 3.63) is 0 Å². The topological polar surface area (TPSA) is 44.9 Å². The van der Waals surface area contributed by atoms with Crippen molar-refractivity contribution in [2.24, 2.45) is 10.7 Å². The minimum Gasteiger partial charge on any atom is -0.370 e. The van der Waals surface area contributed by atoms with Gasteiger partial charge in [0.05, 0.1) is 5.54 Å². The van der Waals surface area contributed by atoms with E-state index < -0.39 is 0 Å². The molecule has 2 aliphatic heterocycles. The van der Waals surface area contributed by atoms with E-state index in [1.54, 1.807) is 0 Å². The number of aliphatic imine (C=N–C) groups is 1. The minimum atomic E-state index is -0.0867. The van der Waals surface area contributed by atoms with E-state index in [-0.39, 0.29) is 5.54 Å². The zero-order valence-corrected chi connectivity index (χ0v) is 11.6. The highest BCUT2D eigenvalue weighted by Gasteiger charge is 2.35. The Kier molecular flexibility index (Phi) is 3.34. The molecule has 0 bridgehead atoms. The third-order valence-electron chi connectivity index (χ3n) is 3.68. The molecule has 0 aromatic heterocycles. The fourth-order valence-corrected chi connectivity index (χ4v) is 2.91. The molecule has 2 rings (SSSR count). The van der Waals surface area contributed by atoms with Crippen LogP contribution in [0.15, 0.2) is 4.99 Å². The lowest BCUT2D eigenvalue weighted by Gasteiger charge is -2.43. The average molecular weight is 238 g/mol. The highest BCUT2D eigenvalue weighted by atomic mass is 15.4. The summed E-state index contributed by atoms with van der Waals surface area (Å²) in [7, 11) is 0. The number of rotatable bonds is 0. The first kappa shape index (κ1) is 12.7. The molecule has 0 saturated carbocycles. The summed E-state index contributed by atoms with van der Waals surface area (Å²) in [6.45, 7) is 12.0. The van der Waals surface area contributed by atoms with E-state index in [9.17, 15) is 0 Å². The molecule has 4 nitrogen and oxygen atoms in total. The van der Waals surface area contributed by atoms with Crippen LogP contribution in [0.2, 0.25) is 0 Å². The Bertz CT molecular complexity index is 305. The van der Waals surface area contributed by atoms with Gasteiger partial charge in [0.1, 0.15) is 0 Å². The standard InChI is InChI=1S/C13H26N4/c1-10-8-16-7-5-6-11(16)9-17(10)12(14)15-13(2,3)4/h10-11H,5-9H2,1-4H3,(H2,14,15). The van der Waals surface area contributed by atoms with Gasteiger partial charge >= 0.3 is 0 Å². The second kappa shape index (κ2) is 4.48. The summed E-state index contributed by atoms with van der Waals surface area (Å²) in [5, 5.41) is 0. The van der Waals surface area contributed by atoms with Crippen LogP contribution < -0.4 is 5.73 Å². The van der Waals surface area contributed by atoms with Crippen LogP contribution in [0.5, 0.6) is 0 Å². The molecular formula is C13H26N4. The van der Waals surface area contributed by atoms with Crippen LogP contribution in [0.4, 0.5) is 0 Å². The van der Waals surface area contributed by atoms with Gasteiger partial charge in [-0.15, -0.1) is 0 Å². The van der Waals surface area contributed by atoms with Crippen LogP contribution in [-0.2, 0) is 0 Å². The van der Waals surface area contributed by atoms with E-state index in [1.807, 2.05) is 0 Å².